The first-order chi connectivity index (χ1) is 9.22. The van der Waals surface area contributed by atoms with Gasteiger partial charge < -0.3 is 5.73 Å². The molecular formula is C13H16F3NO2S. The summed E-state index contributed by atoms with van der Waals surface area (Å²) in [5.41, 5.74) is 5.32. The molecule has 1 aromatic carbocycles. The minimum atomic E-state index is -4.46. The van der Waals surface area contributed by atoms with Gasteiger partial charge in [0.05, 0.1) is 16.6 Å². The fourth-order valence-corrected chi connectivity index (χ4v) is 4.56. The third kappa shape index (κ3) is 3.15. The maximum atomic E-state index is 12.7. The number of hydrogen-bond donors (Lipinski definition) is 1. The molecule has 2 N–H and O–H groups in total. The van der Waals surface area contributed by atoms with E-state index in [1.807, 2.05) is 0 Å². The van der Waals surface area contributed by atoms with E-state index in [-0.39, 0.29) is 11.3 Å². The Kier molecular flexibility index (Phi) is 4.11. The molecule has 2 rings (SSSR count). The van der Waals surface area contributed by atoms with Crippen LogP contribution >= 0.6 is 0 Å². The predicted octanol–water partition coefficient (Wildman–Crippen LogP) is 2.67. The Bertz CT molecular complexity index is 584. The van der Waals surface area contributed by atoms with E-state index in [4.69, 9.17) is 5.73 Å². The summed E-state index contributed by atoms with van der Waals surface area (Å²) < 4.78 is 62.0. The molecule has 0 saturated carbocycles. The van der Waals surface area contributed by atoms with Crippen LogP contribution in [0.5, 0.6) is 0 Å². The summed E-state index contributed by atoms with van der Waals surface area (Å²) in [6, 6.07) is 3.68. The first-order valence-corrected chi connectivity index (χ1v) is 8.08. The van der Waals surface area contributed by atoms with E-state index in [1.54, 1.807) is 0 Å². The van der Waals surface area contributed by atoms with Gasteiger partial charge in [-0.05, 0) is 30.5 Å². The Morgan fingerprint density at radius 3 is 2.55 bits per heavy atom. The summed E-state index contributed by atoms with van der Waals surface area (Å²) in [6.45, 7) is 0. The van der Waals surface area contributed by atoms with Crippen LogP contribution in [-0.2, 0) is 16.0 Å². The SMILES string of the molecule is NC(c1cccc(C(F)(F)F)c1)C1CCCCS1(=O)=O. The Labute approximate surface area is 115 Å². The van der Waals surface area contributed by atoms with Crippen molar-refractivity contribution in [2.75, 3.05) is 5.75 Å². The van der Waals surface area contributed by atoms with Crippen molar-refractivity contribution in [2.24, 2.45) is 5.73 Å². The molecular weight excluding hydrogens is 291 g/mol. The molecule has 1 aliphatic rings. The molecule has 0 spiro atoms. The highest BCUT2D eigenvalue weighted by Gasteiger charge is 2.36. The topological polar surface area (TPSA) is 60.2 Å². The number of halogens is 3. The third-order valence-corrected chi connectivity index (χ3v) is 5.94. The van der Waals surface area contributed by atoms with Crippen LogP contribution < -0.4 is 5.73 Å². The smallest absolute Gasteiger partial charge is 0.323 e. The van der Waals surface area contributed by atoms with E-state index < -0.39 is 32.9 Å². The standard InChI is InChI=1S/C13H16F3NO2S/c14-13(15,16)10-5-3-4-9(8-10)12(17)11-6-1-2-7-20(11,18)19/h3-5,8,11-12H,1-2,6-7,17H2. The Balaban J connectivity index is 2.31. The summed E-state index contributed by atoms with van der Waals surface area (Å²) in [5.74, 6) is 0.0598. The lowest BCUT2D eigenvalue weighted by molar-refractivity contribution is -0.137. The lowest BCUT2D eigenvalue weighted by atomic mass is 9.98. The number of hydrogen-bond acceptors (Lipinski definition) is 3. The molecule has 7 heteroatoms. The summed E-state index contributed by atoms with van der Waals surface area (Å²) in [5, 5.41) is -0.792. The van der Waals surface area contributed by atoms with E-state index in [2.05, 4.69) is 0 Å². The number of benzene rings is 1. The molecule has 0 radical (unpaired) electrons. The molecule has 20 heavy (non-hydrogen) atoms. The lowest BCUT2D eigenvalue weighted by Crippen LogP contribution is -2.37. The molecule has 2 atom stereocenters. The second-order valence-electron chi connectivity index (χ2n) is 5.05. The zero-order valence-corrected chi connectivity index (χ0v) is 11.5. The Hall–Kier alpha value is -1.08. The second-order valence-corrected chi connectivity index (χ2v) is 7.39. The fraction of sp³-hybridized carbons (Fsp3) is 0.538. The van der Waals surface area contributed by atoms with Crippen LogP contribution in [0.15, 0.2) is 24.3 Å². The van der Waals surface area contributed by atoms with Gasteiger partial charge in [0, 0.05) is 6.04 Å². The number of nitrogens with two attached hydrogens (primary N) is 1. The Morgan fingerprint density at radius 1 is 1.25 bits per heavy atom. The highest BCUT2D eigenvalue weighted by Crippen LogP contribution is 2.33. The summed E-state index contributed by atoms with van der Waals surface area (Å²) >= 11 is 0. The molecule has 3 nitrogen and oxygen atoms in total. The van der Waals surface area contributed by atoms with Crippen LogP contribution in [0.3, 0.4) is 0 Å². The average molecular weight is 307 g/mol. The highest BCUT2D eigenvalue weighted by atomic mass is 32.2. The maximum Gasteiger partial charge on any atom is 0.416 e. The van der Waals surface area contributed by atoms with E-state index in [9.17, 15) is 21.6 Å². The summed E-state index contributed by atoms with van der Waals surface area (Å²) in [4.78, 5) is 0. The van der Waals surface area contributed by atoms with Gasteiger partial charge >= 0.3 is 6.18 Å². The highest BCUT2D eigenvalue weighted by molar-refractivity contribution is 7.92. The lowest BCUT2D eigenvalue weighted by Gasteiger charge is -2.28. The molecule has 0 bridgehead atoms. The molecule has 1 fully saturated rings. The van der Waals surface area contributed by atoms with Gasteiger partial charge in [-0.15, -0.1) is 0 Å². The van der Waals surface area contributed by atoms with Crippen molar-refractivity contribution in [2.45, 2.75) is 36.7 Å². The first kappa shape index (κ1) is 15.3. The predicted molar refractivity (Wildman–Crippen MR) is 69.8 cm³/mol. The third-order valence-electron chi connectivity index (χ3n) is 3.63. The summed E-state index contributed by atoms with van der Waals surface area (Å²) in [6.07, 6.45) is -2.73. The van der Waals surface area contributed by atoms with Crippen molar-refractivity contribution < 1.29 is 21.6 Å². The van der Waals surface area contributed by atoms with Gasteiger partial charge in [0.25, 0.3) is 0 Å². The molecule has 112 valence electrons. The van der Waals surface area contributed by atoms with Crippen molar-refractivity contribution in [1.82, 2.24) is 0 Å². The average Bonchev–Trinajstić information content (AvgIpc) is 2.37. The maximum absolute atomic E-state index is 12.7. The van der Waals surface area contributed by atoms with Gasteiger partial charge in [-0.3, -0.25) is 0 Å². The minimum Gasteiger partial charge on any atom is -0.323 e. The van der Waals surface area contributed by atoms with Gasteiger partial charge in [-0.25, -0.2) is 8.42 Å². The quantitative estimate of drug-likeness (QED) is 0.914. The van der Waals surface area contributed by atoms with Gasteiger partial charge in [-0.1, -0.05) is 18.6 Å². The molecule has 1 heterocycles. The van der Waals surface area contributed by atoms with Crippen LogP contribution in [0.2, 0.25) is 0 Å². The van der Waals surface area contributed by atoms with E-state index in [1.165, 1.54) is 12.1 Å². The number of sulfone groups is 1. The van der Waals surface area contributed by atoms with E-state index in [0.717, 1.165) is 18.6 Å². The summed E-state index contributed by atoms with van der Waals surface area (Å²) in [7, 11) is -3.33. The molecule has 2 unspecified atom stereocenters. The largest absolute Gasteiger partial charge is 0.416 e. The number of rotatable bonds is 2. The van der Waals surface area contributed by atoms with Gasteiger partial charge in [0.2, 0.25) is 0 Å². The minimum absolute atomic E-state index is 0.0598. The zero-order chi connectivity index (χ0) is 15.0. The van der Waals surface area contributed by atoms with Crippen LogP contribution in [-0.4, -0.2) is 19.4 Å². The second kappa shape index (κ2) is 5.37. The molecule has 1 aliphatic heterocycles. The molecule has 0 aromatic heterocycles. The van der Waals surface area contributed by atoms with Crippen molar-refractivity contribution in [3.8, 4) is 0 Å². The van der Waals surface area contributed by atoms with Crippen molar-refractivity contribution in [1.29, 1.82) is 0 Å². The van der Waals surface area contributed by atoms with Crippen LogP contribution in [0.1, 0.15) is 36.4 Å². The van der Waals surface area contributed by atoms with Gasteiger partial charge in [0.1, 0.15) is 0 Å². The van der Waals surface area contributed by atoms with Crippen molar-refractivity contribution in [3.63, 3.8) is 0 Å². The van der Waals surface area contributed by atoms with Crippen molar-refractivity contribution >= 4 is 9.84 Å². The molecule has 0 amide bonds. The van der Waals surface area contributed by atoms with Crippen molar-refractivity contribution in [3.05, 3.63) is 35.4 Å². The fourth-order valence-electron chi connectivity index (χ4n) is 2.52. The van der Waals surface area contributed by atoms with Crippen LogP contribution in [0.4, 0.5) is 13.2 Å². The van der Waals surface area contributed by atoms with E-state index >= 15 is 0 Å². The first-order valence-electron chi connectivity index (χ1n) is 6.36. The Morgan fingerprint density at radius 2 is 1.95 bits per heavy atom. The van der Waals surface area contributed by atoms with Gasteiger partial charge in [-0.2, -0.15) is 13.2 Å². The molecule has 1 aromatic rings. The normalized spacial score (nSPS) is 24.3. The number of alkyl halides is 3. The monoisotopic (exact) mass is 307 g/mol. The molecule has 0 aliphatic carbocycles. The van der Waals surface area contributed by atoms with Crippen LogP contribution in [0.25, 0.3) is 0 Å². The van der Waals surface area contributed by atoms with Gasteiger partial charge in [0.15, 0.2) is 9.84 Å². The van der Waals surface area contributed by atoms with E-state index in [0.29, 0.717) is 12.8 Å². The van der Waals surface area contributed by atoms with Crippen LogP contribution in [0, 0.1) is 0 Å². The zero-order valence-electron chi connectivity index (χ0n) is 10.7. The molecule has 1 saturated heterocycles.